The predicted octanol–water partition coefficient (Wildman–Crippen LogP) is 1.36. The Morgan fingerprint density at radius 1 is 1.16 bits per heavy atom. The van der Waals surface area contributed by atoms with Gasteiger partial charge in [-0.15, -0.1) is 0 Å². The predicted molar refractivity (Wildman–Crippen MR) is 72.4 cm³/mol. The van der Waals surface area contributed by atoms with E-state index in [2.05, 4.69) is 10.3 Å². The van der Waals surface area contributed by atoms with E-state index in [0.717, 1.165) is 5.56 Å². The molecule has 0 aliphatic heterocycles. The zero-order valence-corrected chi connectivity index (χ0v) is 10.4. The Labute approximate surface area is 111 Å². The molecule has 19 heavy (non-hydrogen) atoms. The van der Waals surface area contributed by atoms with Crippen molar-refractivity contribution >= 4 is 11.6 Å². The van der Waals surface area contributed by atoms with Crippen LogP contribution in [0.25, 0.3) is 0 Å². The maximum atomic E-state index is 11.6. The van der Waals surface area contributed by atoms with E-state index < -0.39 is 0 Å². The van der Waals surface area contributed by atoms with E-state index in [1.165, 1.54) is 0 Å². The van der Waals surface area contributed by atoms with Gasteiger partial charge in [-0.3, -0.25) is 9.78 Å². The SMILES string of the molecule is Nc1ccc(OCC(=O)NCc2ccncc2)cc1. The molecule has 3 N–H and O–H groups in total. The van der Waals surface area contributed by atoms with Crippen molar-refractivity contribution in [1.82, 2.24) is 10.3 Å². The summed E-state index contributed by atoms with van der Waals surface area (Å²) in [4.78, 5) is 15.5. The molecule has 0 fully saturated rings. The summed E-state index contributed by atoms with van der Waals surface area (Å²) in [6.07, 6.45) is 3.37. The number of anilines is 1. The lowest BCUT2D eigenvalue weighted by atomic mass is 10.3. The number of hydrogen-bond donors (Lipinski definition) is 2. The van der Waals surface area contributed by atoms with Crippen molar-refractivity contribution in [1.29, 1.82) is 0 Å². The minimum Gasteiger partial charge on any atom is -0.484 e. The number of nitrogens with zero attached hydrogens (tertiary/aromatic N) is 1. The number of carbonyl (C=O) groups excluding carboxylic acids is 1. The number of nitrogens with two attached hydrogens (primary N) is 1. The van der Waals surface area contributed by atoms with Crippen molar-refractivity contribution < 1.29 is 9.53 Å². The Balaban J connectivity index is 1.74. The highest BCUT2D eigenvalue weighted by Crippen LogP contribution is 2.12. The molecule has 0 aliphatic carbocycles. The van der Waals surface area contributed by atoms with Gasteiger partial charge in [-0.25, -0.2) is 0 Å². The molecule has 0 unspecified atom stereocenters. The molecule has 5 nitrogen and oxygen atoms in total. The standard InChI is InChI=1S/C14H15N3O2/c15-12-1-3-13(4-2-12)19-10-14(18)17-9-11-5-7-16-8-6-11/h1-8H,9-10,15H2,(H,17,18). The lowest BCUT2D eigenvalue weighted by Gasteiger charge is -2.07. The summed E-state index contributed by atoms with van der Waals surface area (Å²) in [5.41, 5.74) is 7.21. The van der Waals surface area contributed by atoms with Crippen LogP contribution < -0.4 is 15.8 Å². The number of aromatic nitrogens is 1. The fraction of sp³-hybridized carbons (Fsp3) is 0.143. The minimum absolute atomic E-state index is 0.0188. The molecule has 2 rings (SSSR count). The maximum absolute atomic E-state index is 11.6. The number of nitrogen functional groups attached to an aromatic ring is 1. The molecular weight excluding hydrogens is 242 g/mol. The van der Waals surface area contributed by atoms with Crippen LogP contribution in [0.4, 0.5) is 5.69 Å². The molecule has 0 saturated carbocycles. The van der Waals surface area contributed by atoms with Gasteiger partial charge in [0.05, 0.1) is 0 Å². The Bertz CT molecular complexity index is 526. The van der Waals surface area contributed by atoms with Crippen LogP contribution in [0.1, 0.15) is 5.56 Å². The number of carbonyl (C=O) groups is 1. The second-order valence-corrected chi connectivity index (χ2v) is 3.99. The van der Waals surface area contributed by atoms with Gasteiger partial charge in [0.1, 0.15) is 5.75 Å². The highest BCUT2D eigenvalue weighted by atomic mass is 16.5. The quantitative estimate of drug-likeness (QED) is 0.793. The summed E-state index contributed by atoms with van der Waals surface area (Å²) in [7, 11) is 0. The monoisotopic (exact) mass is 257 g/mol. The van der Waals surface area contributed by atoms with Gasteiger partial charge in [-0.05, 0) is 42.0 Å². The summed E-state index contributed by atoms with van der Waals surface area (Å²) in [5.74, 6) is 0.446. The van der Waals surface area contributed by atoms with E-state index >= 15 is 0 Å². The van der Waals surface area contributed by atoms with E-state index in [0.29, 0.717) is 18.0 Å². The molecule has 0 radical (unpaired) electrons. The topological polar surface area (TPSA) is 77.2 Å². The van der Waals surface area contributed by atoms with Gasteiger partial charge in [-0.2, -0.15) is 0 Å². The van der Waals surface area contributed by atoms with Gasteiger partial charge in [-0.1, -0.05) is 0 Å². The first-order valence-corrected chi connectivity index (χ1v) is 5.88. The Kier molecular flexibility index (Phi) is 4.34. The third-order valence-corrected chi connectivity index (χ3v) is 2.49. The van der Waals surface area contributed by atoms with Gasteiger partial charge in [0.15, 0.2) is 6.61 Å². The maximum Gasteiger partial charge on any atom is 0.258 e. The average Bonchev–Trinajstić information content (AvgIpc) is 2.45. The molecule has 1 heterocycles. The third-order valence-electron chi connectivity index (χ3n) is 2.49. The van der Waals surface area contributed by atoms with Crippen molar-refractivity contribution in [2.75, 3.05) is 12.3 Å². The van der Waals surface area contributed by atoms with Gasteiger partial charge < -0.3 is 15.8 Å². The van der Waals surface area contributed by atoms with E-state index in [9.17, 15) is 4.79 Å². The molecule has 0 atom stereocenters. The molecule has 98 valence electrons. The van der Waals surface area contributed by atoms with Crippen molar-refractivity contribution in [3.05, 3.63) is 54.4 Å². The van der Waals surface area contributed by atoms with Crippen LogP contribution in [0.3, 0.4) is 0 Å². The highest BCUT2D eigenvalue weighted by molar-refractivity contribution is 5.77. The number of pyridine rings is 1. The van der Waals surface area contributed by atoms with Crippen LogP contribution in [0.5, 0.6) is 5.75 Å². The zero-order chi connectivity index (χ0) is 13.5. The largest absolute Gasteiger partial charge is 0.484 e. The van der Waals surface area contributed by atoms with E-state index in [1.54, 1.807) is 36.7 Å². The first-order chi connectivity index (χ1) is 9.24. The number of amides is 1. The van der Waals surface area contributed by atoms with Crippen molar-refractivity contribution in [3.8, 4) is 5.75 Å². The first kappa shape index (κ1) is 12.9. The second kappa shape index (κ2) is 6.39. The summed E-state index contributed by atoms with van der Waals surface area (Å²) >= 11 is 0. The molecule has 0 spiro atoms. The van der Waals surface area contributed by atoms with Gasteiger partial charge >= 0.3 is 0 Å². The summed E-state index contributed by atoms with van der Waals surface area (Å²) in [6, 6.07) is 10.6. The molecule has 5 heteroatoms. The van der Waals surface area contributed by atoms with Crippen LogP contribution in [0.2, 0.25) is 0 Å². The van der Waals surface area contributed by atoms with Crippen LogP contribution in [0, 0.1) is 0 Å². The van der Waals surface area contributed by atoms with E-state index in [4.69, 9.17) is 10.5 Å². The highest BCUT2D eigenvalue weighted by Gasteiger charge is 2.02. The molecule has 2 aromatic rings. The molecule has 1 aromatic heterocycles. The third kappa shape index (κ3) is 4.31. The number of hydrogen-bond acceptors (Lipinski definition) is 4. The van der Waals surface area contributed by atoms with Crippen LogP contribution in [-0.2, 0) is 11.3 Å². The molecule has 1 aromatic carbocycles. The lowest BCUT2D eigenvalue weighted by Crippen LogP contribution is -2.28. The van der Waals surface area contributed by atoms with Crippen LogP contribution >= 0.6 is 0 Å². The van der Waals surface area contributed by atoms with Gasteiger partial charge in [0.25, 0.3) is 5.91 Å². The Morgan fingerprint density at radius 3 is 2.53 bits per heavy atom. The molecule has 0 bridgehead atoms. The Morgan fingerprint density at radius 2 is 1.84 bits per heavy atom. The van der Waals surface area contributed by atoms with Gasteiger partial charge in [0.2, 0.25) is 0 Å². The Hall–Kier alpha value is -2.56. The average molecular weight is 257 g/mol. The molecular formula is C14H15N3O2. The van der Waals surface area contributed by atoms with Gasteiger partial charge in [0, 0.05) is 24.6 Å². The molecule has 0 saturated heterocycles. The van der Waals surface area contributed by atoms with E-state index in [1.807, 2.05) is 12.1 Å². The summed E-state index contributed by atoms with van der Waals surface area (Å²) in [6.45, 7) is 0.446. The first-order valence-electron chi connectivity index (χ1n) is 5.88. The molecule has 0 aliphatic rings. The summed E-state index contributed by atoms with van der Waals surface area (Å²) < 4.78 is 5.33. The second-order valence-electron chi connectivity index (χ2n) is 3.99. The lowest BCUT2D eigenvalue weighted by molar-refractivity contribution is -0.123. The van der Waals surface area contributed by atoms with Crippen LogP contribution in [-0.4, -0.2) is 17.5 Å². The number of rotatable bonds is 5. The van der Waals surface area contributed by atoms with Crippen molar-refractivity contribution in [2.24, 2.45) is 0 Å². The normalized spacial score (nSPS) is 9.89. The van der Waals surface area contributed by atoms with Crippen molar-refractivity contribution in [3.63, 3.8) is 0 Å². The number of benzene rings is 1. The number of nitrogens with one attached hydrogen (secondary N) is 1. The number of ether oxygens (including phenoxy) is 1. The van der Waals surface area contributed by atoms with Crippen molar-refractivity contribution in [2.45, 2.75) is 6.54 Å². The smallest absolute Gasteiger partial charge is 0.258 e. The summed E-state index contributed by atoms with van der Waals surface area (Å²) in [5, 5.41) is 2.76. The van der Waals surface area contributed by atoms with Crippen LogP contribution in [0.15, 0.2) is 48.8 Å². The fourth-order valence-electron chi connectivity index (χ4n) is 1.47. The fourth-order valence-corrected chi connectivity index (χ4v) is 1.47. The molecule has 1 amide bonds. The minimum atomic E-state index is -0.173. The van der Waals surface area contributed by atoms with E-state index in [-0.39, 0.29) is 12.5 Å². The zero-order valence-electron chi connectivity index (χ0n) is 10.4.